The van der Waals surface area contributed by atoms with E-state index in [9.17, 15) is 0 Å². The summed E-state index contributed by atoms with van der Waals surface area (Å²) in [4.78, 5) is 7.68. The second-order valence-corrected chi connectivity index (χ2v) is 6.90. The van der Waals surface area contributed by atoms with Crippen LogP contribution in [-0.2, 0) is 0 Å². The van der Waals surface area contributed by atoms with Gasteiger partial charge in [0.1, 0.15) is 11.7 Å². The first kappa shape index (κ1) is 16.5. The van der Waals surface area contributed by atoms with Crippen LogP contribution in [0.2, 0.25) is 0 Å². The van der Waals surface area contributed by atoms with Crippen molar-refractivity contribution in [3.8, 4) is 11.3 Å². The van der Waals surface area contributed by atoms with Gasteiger partial charge >= 0.3 is 0 Å². The molecule has 1 fully saturated rings. The van der Waals surface area contributed by atoms with Crippen LogP contribution in [0.1, 0.15) is 44.0 Å². The molecule has 3 rings (SSSR count). The SMILES string of the molecule is Cc1cccc(-c2cnc(/C=C\C(=N)NC3CCC(C)CC3)[nH]2)c1. The highest BCUT2D eigenvalue weighted by Gasteiger charge is 2.17. The van der Waals surface area contributed by atoms with E-state index in [1.165, 1.54) is 18.4 Å². The van der Waals surface area contributed by atoms with Crippen LogP contribution in [-0.4, -0.2) is 21.8 Å². The van der Waals surface area contributed by atoms with Crippen molar-refractivity contribution in [1.29, 1.82) is 5.41 Å². The Kier molecular flexibility index (Phi) is 5.14. The number of nitrogens with one attached hydrogen (secondary N) is 3. The van der Waals surface area contributed by atoms with Crippen LogP contribution < -0.4 is 5.32 Å². The Morgan fingerprint density at radius 3 is 2.83 bits per heavy atom. The maximum Gasteiger partial charge on any atom is 0.130 e. The fourth-order valence-corrected chi connectivity index (χ4v) is 3.22. The molecule has 1 aliphatic carbocycles. The Bertz CT molecular complexity index is 721. The van der Waals surface area contributed by atoms with Crippen LogP contribution >= 0.6 is 0 Å². The number of hydrogen-bond acceptors (Lipinski definition) is 2. The van der Waals surface area contributed by atoms with Gasteiger partial charge in [-0.25, -0.2) is 4.98 Å². The number of aryl methyl sites for hydroxylation is 1. The first-order valence-corrected chi connectivity index (χ1v) is 8.75. The Morgan fingerprint density at radius 1 is 1.29 bits per heavy atom. The quantitative estimate of drug-likeness (QED) is 0.571. The van der Waals surface area contributed by atoms with E-state index < -0.39 is 0 Å². The Hall–Kier alpha value is -2.36. The number of rotatable bonds is 4. The van der Waals surface area contributed by atoms with Crippen molar-refractivity contribution in [3.63, 3.8) is 0 Å². The lowest BCUT2D eigenvalue weighted by Crippen LogP contribution is -2.36. The van der Waals surface area contributed by atoms with Crippen molar-refractivity contribution >= 4 is 11.9 Å². The average molecular weight is 322 g/mol. The topological polar surface area (TPSA) is 64.6 Å². The normalized spacial score (nSPS) is 21.1. The zero-order valence-corrected chi connectivity index (χ0v) is 14.5. The molecular weight excluding hydrogens is 296 g/mol. The smallest absolute Gasteiger partial charge is 0.130 e. The van der Waals surface area contributed by atoms with Crippen molar-refractivity contribution in [2.75, 3.05) is 0 Å². The average Bonchev–Trinajstić information content (AvgIpc) is 3.04. The van der Waals surface area contributed by atoms with Crippen molar-refractivity contribution in [3.05, 3.63) is 47.9 Å². The predicted molar refractivity (Wildman–Crippen MR) is 100 cm³/mol. The minimum atomic E-state index is 0.442. The molecule has 1 saturated carbocycles. The molecule has 0 spiro atoms. The van der Waals surface area contributed by atoms with Gasteiger partial charge in [-0.2, -0.15) is 0 Å². The lowest BCUT2D eigenvalue weighted by molar-refractivity contribution is 0.331. The van der Waals surface area contributed by atoms with Crippen molar-refractivity contribution in [2.45, 2.75) is 45.6 Å². The summed E-state index contributed by atoms with van der Waals surface area (Å²) in [6.07, 6.45) is 10.3. The van der Waals surface area contributed by atoms with Crippen LogP contribution in [0, 0.1) is 18.3 Å². The second kappa shape index (κ2) is 7.47. The molecule has 24 heavy (non-hydrogen) atoms. The van der Waals surface area contributed by atoms with E-state index >= 15 is 0 Å². The molecule has 1 aliphatic rings. The maximum atomic E-state index is 8.08. The molecule has 4 heteroatoms. The fourth-order valence-electron chi connectivity index (χ4n) is 3.22. The molecule has 0 radical (unpaired) electrons. The summed E-state index contributed by atoms with van der Waals surface area (Å²) < 4.78 is 0. The second-order valence-electron chi connectivity index (χ2n) is 6.90. The van der Waals surface area contributed by atoms with Gasteiger partial charge < -0.3 is 10.3 Å². The molecular formula is C20H26N4. The lowest BCUT2D eigenvalue weighted by atomic mass is 9.87. The fraction of sp³-hybridized carbons (Fsp3) is 0.400. The number of amidine groups is 1. The van der Waals surface area contributed by atoms with Crippen molar-refractivity contribution in [1.82, 2.24) is 15.3 Å². The Balaban J connectivity index is 1.58. The number of nitrogens with zero attached hydrogens (tertiary/aromatic N) is 1. The van der Waals surface area contributed by atoms with Gasteiger partial charge in [0.05, 0.1) is 11.9 Å². The zero-order valence-electron chi connectivity index (χ0n) is 14.5. The summed E-state index contributed by atoms with van der Waals surface area (Å²) in [7, 11) is 0. The van der Waals surface area contributed by atoms with Crippen molar-refractivity contribution < 1.29 is 0 Å². The summed E-state index contributed by atoms with van der Waals surface area (Å²) in [5.74, 6) is 2.06. The number of benzene rings is 1. The van der Waals surface area contributed by atoms with E-state index in [2.05, 4.69) is 47.3 Å². The van der Waals surface area contributed by atoms with Gasteiger partial charge in [-0.15, -0.1) is 0 Å². The van der Waals surface area contributed by atoms with E-state index in [1.54, 1.807) is 6.08 Å². The third kappa shape index (κ3) is 4.34. The van der Waals surface area contributed by atoms with E-state index in [0.717, 1.165) is 35.8 Å². The molecule has 3 N–H and O–H groups in total. The Morgan fingerprint density at radius 2 is 2.08 bits per heavy atom. The monoisotopic (exact) mass is 322 g/mol. The molecule has 2 aromatic rings. The highest BCUT2D eigenvalue weighted by molar-refractivity contribution is 5.93. The van der Waals surface area contributed by atoms with Crippen LogP contribution in [0.4, 0.5) is 0 Å². The third-order valence-corrected chi connectivity index (χ3v) is 4.71. The molecule has 0 amide bonds. The summed E-state index contributed by atoms with van der Waals surface area (Å²) in [5.41, 5.74) is 3.36. The number of H-pyrrole nitrogens is 1. The summed E-state index contributed by atoms with van der Waals surface area (Å²) in [6.45, 7) is 4.39. The third-order valence-electron chi connectivity index (χ3n) is 4.71. The lowest BCUT2D eigenvalue weighted by Gasteiger charge is -2.27. The van der Waals surface area contributed by atoms with Gasteiger partial charge in [0.15, 0.2) is 0 Å². The molecule has 0 aliphatic heterocycles. The van der Waals surface area contributed by atoms with Gasteiger partial charge in [0.2, 0.25) is 0 Å². The highest BCUT2D eigenvalue weighted by atomic mass is 15.0. The number of imidazole rings is 1. The van der Waals surface area contributed by atoms with Crippen LogP contribution in [0.5, 0.6) is 0 Å². The van der Waals surface area contributed by atoms with Crippen LogP contribution in [0.3, 0.4) is 0 Å². The van der Waals surface area contributed by atoms with E-state index in [-0.39, 0.29) is 0 Å². The van der Waals surface area contributed by atoms with Crippen LogP contribution in [0.25, 0.3) is 17.3 Å². The Labute approximate surface area is 143 Å². The maximum absolute atomic E-state index is 8.08. The number of hydrogen-bond donors (Lipinski definition) is 3. The molecule has 1 aromatic carbocycles. The van der Waals surface area contributed by atoms with Gasteiger partial charge in [-0.05, 0) is 62.3 Å². The molecule has 126 valence electrons. The van der Waals surface area contributed by atoms with E-state index in [4.69, 9.17) is 5.41 Å². The van der Waals surface area contributed by atoms with Gasteiger partial charge in [-0.1, -0.05) is 30.7 Å². The van der Waals surface area contributed by atoms with E-state index in [0.29, 0.717) is 11.9 Å². The zero-order chi connectivity index (χ0) is 16.9. The van der Waals surface area contributed by atoms with Crippen LogP contribution in [0.15, 0.2) is 36.5 Å². The molecule has 1 aromatic heterocycles. The minimum absolute atomic E-state index is 0.442. The van der Waals surface area contributed by atoms with E-state index in [1.807, 2.05) is 18.3 Å². The first-order valence-electron chi connectivity index (χ1n) is 8.75. The molecule has 0 atom stereocenters. The molecule has 0 unspecified atom stereocenters. The standard InChI is InChI=1S/C20H26N4/c1-14-6-8-17(9-7-14)23-19(21)10-11-20-22-13-18(24-20)16-5-3-4-15(2)12-16/h3-5,10-14,17H,6-9H2,1-2H3,(H2,21,23)(H,22,24)/b11-10-. The van der Waals surface area contributed by atoms with Gasteiger partial charge in [0.25, 0.3) is 0 Å². The minimum Gasteiger partial charge on any atom is -0.368 e. The highest BCUT2D eigenvalue weighted by Crippen LogP contribution is 2.23. The van der Waals surface area contributed by atoms with Gasteiger partial charge in [-0.3, -0.25) is 5.41 Å². The predicted octanol–water partition coefficient (Wildman–Crippen LogP) is 4.54. The largest absolute Gasteiger partial charge is 0.368 e. The first-order chi connectivity index (χ1) is 11.6. The molecule has 4 nitrogen and oxygen atoms in total. The molecule has 1 heterocycles. The van der Waals surface area contributed by atoms with Gasteiger partial charge in [0, 0.05) is 6.04 Å². The summed E-state index contributed by atoms with van der Waals surface area (Å²) in [6, 6.07) is 8.78. The van der Waals surface area contributed by atoms with Crippen molar-refractivity contribution in [2.24, 2.45) is 5.92 Å². The number of aromatic amines is 1. The number of aromatic nitrogens is 2. The molecule has 0 saturated heterocycles. The molecule has 0 bridgehead atoms. The summed E-state index contributed by atoms with van der Waals surface area (Å²) >= 11 is 0. The summed E-state index contributed by atoms with van der Waals surface area (Å²) in [5, 5.41) is 11.4.